The summed E-state index contributed by atoms with van der Waals surface area (Å²) in [6, 6.07) is 12.7. The van der Waals surface area contributed by atoms with Gasteiger partial charge in [-0.05, 0) is 45.8 Å². The summed E-state index contributed by atoms with van der Waals surface area (Å²) >= 11 is 5.96. The summed E-state index contributed by atoms with van der Waals surface area (Å²) in [5.41, 5.74) is 1.72. The van der Waals surface area contributed by atoms with Crippen LogP contribution in [0.25, 0.3) is 0 Å². The molecule has 0 unspecified atom stereocenters. The molecule has 0 fully saturated rings. The van der Waals surface area contributed by atoms with Crippen LogP contribution in [-0.2, 0) is 5.75 Å². The third-order valence-corrected chi connectivity index (χ3v) is 5.34. The SMILES string of the molecule is N#Cc1ccc(CSc2nnc(NC(=O)c3ccc(Br)o3)s2)cc1. The predicted octanol–water partition coefficient (Wildman–Crippen LogP) is 4.31. The normalized spacial score (nSPS) is 10.3. The number of carbonyl (C=O) groups excluding carboxylic acids is 1. The van der Waals surface area contributed by atoms with E-state index in [0.717, 1.165) is 9.90 Å². The van der Waals surface area contributed by atoms with Crippen LogP contribution in [0, 0.1) is 11.3 Å². The average molecular weight is 421 g/mol. The first kappa shape index (κ1) is 16.7. The van der Waals surface area contributed by atoms with E-state index in [0.29, 0.717) is 21.1 Å². The van der Waals surface area contributed by atoms with E-state index in [9.17, 15) is 4.79 Å². The summed E-state index contributed by atoms with van der Waals surface area (Å²) in [7, 11) is 0. The van der Waals surface area contributed by atoms with Gasteiger partial charge in [-0.25, -0.2) is 0 Å². The molecule has 0 aliphatic heterocycles. The largest absolute Gasteiger partial charge is 0.444 e. The van der Waals surface area contributed by atoms with Gasteiger partial charge in [-0.1, -0.05) is 35.2 Å². The van der Waals surface area contributed by atoms with Crippen molar-refractivity contribution in [3.8, 4) is 6.07 Å². The summed E-state index contributed by atoms with van der Waals surface area (Å²) in [6.45, 7) is 0. The molecule has 2 aromatic heterocycles. The predicted molar refractivity (Wildman–Crippen MR) is 95.0 cm³/mol. The molecule has 0 spiro atoms. The van der Waals surface area contributed by atoms with E-state index < -0.39 is 0 Å². The number of halogens is 1. The molecule has 3 aromatic rings. The lowest BCUT2D eigenvalue weighted by atomic mass is 10.2. The van der Waals surface area contributed by atoms with Crippen molar-refractivity contribution < 1.29 is 9.21 Å². The van der Waals surface area contributed by atoms with Crippen molar-refractivity contribution in [1.82, 2.24) is 10.2 Å². The molecule has 120 valence electrons. The van der Waals surface area contributed by atoms with Crippen molar-refractivity contribution in [1.29, 1.82) is 5.26 Å². The van der Waals surface area contributed by atoms with Crippen molar-refractivity contribution in [3.05, 3.63) is 58.0 Å². The molecule has 1 amide bonds. The Balaban J connectivity index is 1.57. The van der Waals surface area contributed by atoms with Crippen LogP contribution >= 0.6 is 39.0 Å². The second kappa shape index (κ2) is 7.61. The number of carbonyl (C=O) groups is 1. The molecular weight excluding hydrogens is 412 g/mol. The molecule has 0 aliphatic rings. The number of furan rings is 1. The van der Waals surface area contributed by atoms with Gasteiger partial charge in [0, 0.05) is 5.75 Å². The third-order valence-electron chi connectivity index (χ3n) is 2.87. The first-order chi connectivity index (χ1) is 11.6. The minimum absolute atomic E-state index is 0.198. The number of nitriles is 1. The molecule has 2 heterocycles. The van der Waals surface area contributed by atoms with E-state index in [4.69, 9.17) is 9.68 Å². The molecule has 3 rings (SSSR count). The molecule has 0 saturated heterocycles. The van der Waals surface area contributed by atoms with Gasteiger partial charge in [0.05, 0.1) is 11.6 Å². The van der Waals surface area contributed by atoms with Crippen molar-refractivity contribution in [2.75, 3.05) is 5.32 Å². The highest BCUT2D eigenvalue weighted by Crippen LogP contribution is 2.28. The molecule has 0 aliphatic carbocycles. The van der Waals surface area contributed by atoms with Crippen LogP contribution in [0.4, 0.5) is 5.13 Å². The van der Waals surface area contributed by atoms with Crippen molar-refractivity contribution in [2.24, 2.45) is 0 Å². The Bertz CT molecular complexity index is 899. The number of hydrogen-bond acceptors (Lipinski definition) is 7. The molecule has 9 heteroatoms. The van der Waals surface area contributed by atoms with Crippen molar-refractivity contribution >= 4 is 50.1 Å². The van der Waals surface area contributed by atoms with Crippen molar-refractivity contribution in [3.63, 3.8) is 0 Å². The zero-order valence-corrected chi connectivity index (χ0v) is 15.2. The summed E-state index contributed by atoms with van der Waals surface area (Å²) in [4.78, 5) is 12.0. The van der Waals surface area contributed by atoms with Crippen LogP contribution < -0.4 is 5.32 Å². The van der Waals surface area contributed by atoms with E-state index >= 15 is 0 Å². The van der Waals surface area contributed by atoms with Gasteiger partial charge < -0.3 is 4.42 Å². The van der Waals surface area contributed by atoms with Gasteiger partial charge in [-0.2, -0.15) is 5.26 Å². The molecule has 0 bridgehead atoms. The van der Waals surface area contributed by atoms with Gasteiger partial charge in [0.2, 0.25) is 5.13 Å². The molecule has 6 nitrogen and oxygen atoms in total. The molecule has 0 saturated carbocycles. The van der Waals surface area contributed by atoms with E-state index in [1.54, 1.807) is 24.3 Å². The maximum atomic E-state index is 12.0. The number of rotatable bonds is 5. The Hall–Kier alpha value is -2.15. The highest BCUT2D eigenvalue weighted by Gasteiger charge is 2.13. The van der Waals surface area contributed by atoms with Crippen LogP contribution in [0.3, 0.4) is 0 Å². The third kappa shape index (κ3) is 4.23. The number of benzene rings is 1. The second-order valence-corrected chi connectivity index (χ2v) is 7.51. The smallest absolute Gasteiger partial charge is 0.293 e. The topological polar surface area (TPSA) is 91.8 Å². The zero-order valence-electron chi connectivity index (χ0n) is 12.0. The number of anilines is 1. The maximum Gasteiger partial charge on any atom is 0.293 e. The number of nitrogens with one attached hydrogen (secondary N) is 1. The van der Waals surface area contributed by atoms with Gasteiger partial charge in [-0.15, -0.1) is 10.2 Å². The lowest BCUT2D eigenvalue weighted by Crippen LogP contribution is -2.10. The van der Waals surface area contributed by atoms with Crippen LogP contribution in [0.5, 0.6) is 0 Å². The fourth-order valence-corrected chi connectivity index (χ4v) is 3.74. The molecule has 1 aromatic carbocycles. The van der Waals surface area contributed by atoms with Gasteiger partial charge in [0.25, 0.3) is 5.91 Å². The standard InChI is InChI=1S/C15H9BrN4O2S2/c16-12-6-5-11(22-12)13(21)18-14-19-20-15(24-14)23-8-10-3-1-9(7-17)2-4-10/h1-6H,8H2,(H,18,19,21). The fourth-order valence-electron chi connectivity index (χ4n) is 1.73. The van der Waals surface area contributed by atoms with Crippen molar-refractivity contribution in [2.45, 2.75) is 10.1 Å². The lowest BCUT2D eigenvalue weighted by Gasteiger charge is -1.98. The van der Waals surface area contributed by atoms with E-state index in [1.165, 1.54) is 23.1 Å². The van der Waals surface area contributed by atoms with E-state index in [-0.39, 0.29) is 11.7 Å². The number of aromatic nitrogens is 2. The summed E-state index contributed by atoms with van der Waals surface area (Å²) < 4.78 is 6.42. The van der Waals surface area contributed by atoms with E-state index in [2.05, 4.69) is 37.5 Å². The molecule has 24 heavy (non-hydrogen) atoms. The van der Waals surface area contributed by atoms with Gasteiger partial charge in [0.15, 0.2) is 14.8 Å². The molecule has 0 atom stereocenters. The van der Waals surface area contributed by atoms with E-state index in [1.807, 2.05) is 12.1 Å². The lowest BCUT2D eigenvalue weighted by molar-refractivity contribution is 0.0995. The first-order valence-corrected chi connectivity index (χ1v) is 9.25. The van der Waals surface area contributed by atoms with Gasteiger partial charge in [-0.3, -0.25) is 10.1 Å². The van der Waals surface area contributed by atoms with Crippen LogP contribution in [0.2, 0.25) is 0 Å². The summed E-state index contributed by atoms with van der Waals surface area (Å²) in [6.07, 6.45) is 0. The first-order valence-electron chi connectivity index (χ1n) is 6.66. The Morgan fingerprint density at radius 2 is 2.08 bits per heavy atom. The van der Waals surface area contributed by atoms with Crippen LogP contribution in [0.1, 0.15) is 21.7 Å². The summed E-state index contributed by atoms with van der Waals surface area (Å²) in [5, 5.41) is 19.8. The number of amides is 1. The number of thioether (sulfide) groups is 1. The molecular formula is C15H9BrN4O2S2. The highest BCUT2D eigenvalue weighted by molar-refractivity contribution is 9.10. The molecule has 0 radical (unpaired) electrons. The fraction of sp³-hybridized carbons (Fsp3) is 0.0667. The summed E-state index contributed by atoms with van der Waals surface area (Å²) in [5.74, 6) is 0.531. The zero-order chi connectivity index (χ0) is 16.9. The van der Waals surface area contributed by atoms with Gasteiger partial charge >= 0.3 is 0 Å². The van der Waals surface area contributed by atoms with Gasteiger partial charge in [0.1, 0.15) is 0 Å². The Morgan fingerprint density at radius 3 is 2.75 bits per heavy atom. The second-order valence-electron chi connectivity index (χ2n) is 4.53. The minimum atomic E-state index is -0.375. The maximum absolute atomic E-state index is 12.0. The highest BCUT2D eigenvalue weighted by atomic mass is 79.9. The Morgan fingerprint density at radius 1 is 1.29 bits per heavy atom. The van der Waals surface area contributed by atoms with Crippen LogP contribution in [0.15, 0.2) is 49.8 Å². The monoisotopic (exact) mass is 420 g/mol. The average Bonchev–Trinajstić information content (AvgIpc) is 3.22. The Kier molecular flexibility index (Phi) is 5.30. The van der Waals surface area contributed by atoms with Crippen LogP contribution in [-0.4, -0.2) is 16.1 Å². The minimum Gasteiger partial charge on any atom is -0.444 e. The quantitative estimate of drug-likeness (QED) is 0.488. The Labute approximate surface area is 154 Å². The number of nitrogens with zero attached hydrogens (tertiary/aromatic N) is 3. The number of hydrogen-bond donors (Lipinski definition) is 1. The molecule has 1 N–H and O–H groups in total.